The fraction of sp³-hybridized carbons (Fsp3) is 0.100. The van der Waals surface area contributed by atoms with Gasteiger partial charge < -0.3 is 4.74 Å². The van der Waals surface area contributed by atoms with Gasteiger partial charge >= 0.3 is 0 Å². The van der Waals surface area contributed by atoms with E-state index in [1.54, 1.807) is 38.3 Å². The number of halogens is 2. The van der Waals surface area contributed by atoms with Crippen LogP contribution in [-0.2, 0) is 0 Å². The number of benzene rings is 2. The van der Waals surface area contributed by atoms with Gasteiger partial charge in [-0.3, -0.25) is 4.79 Å². The lowest BCUT2D eigenvalue weighted by molar-refractivity contribution is 0.415. The molecule has 0 atom stereocenters. The van der Waals surface area contributed by atoms with Crippen LogP contribution in [-0.4, -0.2) is 20.7 Å². The van der Waals surface area contributed by atoms with E-state index in [1.165, 1.54) is 8.49 Å². The molecule has 0 aliphatic heterocycles. The second-order valence-electron chi connectivity index (χ2n) is 6.12. The van der Waals surface area contributed by atoms with Crippen molar-refractivity contribution < 1.29 is 8.62 Å². The number of fused-ring (bicyclic) bond motifs is 1. The Hall–Kier alpha value is -2.58. The molecule has 0 fully saturated rings. The molecule has 0 saturated carbocycles. The summed E-state index contributed by atoms with van der Waals surface area (Å²) in [6.45, 7) is 1.72. The fourth-order valence-corrected chi connectivity index (χ4v) is 4.38. The van der Waals surface area contributed by atoms with E-state index >= 15 is 0 Å². The maximum Gasteiger partial charge on any atom is 0.282 e. The Morgan fingerprint density at radius 1 is 1.07 bits per heavy atom. The molecule has 0 unspecified atom stereocenters. The highest BCUT2D eigenvalue weighted by atomic mass is 79.9. The second-order valence-corrected chi connectivity index (χ2v) is 7.42. The van der Waals surface area contributed by atoms with E-state index in [4.69, 9.17) is 4.74 Å². The van der Waals surface area contributed by atoms with Crippen LogP contribution < -0.4 is 10.3 Å². The summed E-state index contributed by atoms with van der Waals surface area (Å²) >= 11 is 3.54. The van der Waals surface area contributed by atoms with Crippen LogP contribution in [0.1, 0.15) is 5.69 Å². The molecule has 28 heavy (non-hydrogen) atoms. The van der Waals surface area contributed by atoms with Crippen molar-refractivity contribution in [3.63, 3.8) is 0 Å². The summed E-state index contributed by atoms with van der Waals surface area (Å²) in [5.74, 6) is 0.677. The maximum atomic E-state index is 13.9. The van der Waals surface area contributed by atoms with Crippen LogP contribution in [0.4, 0.5) is 3.89 Å². The minimum Gasteiger partial charge on any atom is -0.497 e. The van der Waals surface area contributed by atoms with E-state index < -0.39 is 0 Å². The average Bonchev–Trinajstić information content (AvgIpc) is 3.07. The van der Waals surface area contributed by atoms with Gasteiger partial charge in [-0.1, -0.05) is 42.5 Å². The van der Waals surface area contributed by atoms with Gasteiger partial charge in [0.25, 0.3) is 5.56 Å². The third-order valence-electron chi connectivity index (χ3n) is 4.56. The first kappa shape index (κ1) is 18.8. The lowest BCUT2D eigenvalue weighted by Gasteiger charge is -2.12. The van der Waals surface area contributed by atoms with Gasteiger partial charge in [0.15, 0.2) is 18.0 Å². The molecule has 2 aromatic carbocycles. The molecule has 0 aliphatic rings. The number of ether oxygens (including phenoxy) is 1. The topological polar surface area (TPSA) is 48.5 Å². The molecule has 0 bridgehead atoms. The van der Waals surface area contributed by atoms with Crippen molar-refractivity contribution in [2.75, 3.05) is 7.11 Å². The zero-order valence-electron chi connectivity index (χ0n) is 15.0. The second kappa shape index (κ2) is 7.44. The van der Waals surface area contributed by atoms with Crippen molar-refractivity contribution >= 4 is 33.9 Å². The van der Waals surface area contributed by atoms with E-state index in [0.29, 0.717) is 38.4 Å². The highest BCUT2D eigenvalue weighted by Gasteiger charge is 2.23. The summed E-state index contributed by atoms with van der Waals surface area (Å²) in [6, 6.07) is 16.5. The van der Waals surface area contributed by atoms with Crippen LogP contribution in [0, 0.1) is 6.92 Å². The smallest absolute Gasteiger partial charge is 0.282 e. The summed E-state index contributed by atoms with van der Waals surface area (Å²) in [7, 11) is 1.57. The third kappa shape index (κ3) is 2.93. The molecule has 0 spiro atoms. The molecule has 0 aliphatic carbocycles. The van der Waals surface area contributed by atoms with Crippen molar-refractivity contribution in [2.24, 2.45) is 0 Å². The molecule has 4 rings (SSSR count). The monoisotopic (exact) mass is 459 g/mol. The van der Waals surface area contributed by atoms with Crippen molar-refractivity contribution in [1.82, 2.24) is 13.6 Å². The Morgan fingerprint density at radius 2 is 1.75 bits per heavy atom. The number of aromatic nitrogens is 3. The first-order valence-electron chi connectivity index (χ1n) is 8.39. The number of rotatable bonds is 4. The average molecular weight is 460 g/mol. The quantitative estimate of drug-likeness (QED) is 0.415. The van der Waals surface area contributed by atoms with E-state index in [2.05, 4.69) is 21.0 Å². The van der Waals surface area contributed by atoms with Gasteiger partial charge in [0.05, 0.1) is 17.1 Å². The van der Waals surface area contributed by atoms with Crippen LogP contribution in [0.2, 0.25) is 0 Å². The van der Waals surface area contributed by atoms with Crippen molar-refractivity contribution in [3.8, 4) is 28.1 Å². The summed E-state index contributed by atoms with van der Waals surface area (Å²) in [5, 5.41) is 4.48. The Balaban J connectivity index is 2.04. The Labute approximate surface area is 173 Å². The van der Waals surface area contributed by atoms with Crippen LogP contribution in [0.15, 0.2) is 63.9 Å². The molecule has 5 nitrogen and oxygen atoms in total. The normalized spacial score (nSPS) is 11.1. The van der Waals surface area contributed by atoms with E-state index in [0.717, 1.165) is 5.56 Å². The summed E-state index contributed by atoms with van der Waals surface area (Å²) in [6.07, 6.45) is 0. The molecule has 0 saturated heterocycles. The molecular formula is C20H15BrFN3O2S. The molecule has 2 aromatic heterocycles. The van der Waals surface area contributed by atoms with Crippen molar-refractivity contribution in [1.29, 1.82) is 0 Å². The highest BCUT2D eigenvalue weighted by molar-refractivity contribution is 9.10. The lowest BCUT2D eigenvalue weighted by Crippen LogP contribution is -2.21. The minimum atomic E-state index is -0.314. The summed E-state index contributed by atoms with van der Waals surface area (Å²) in [4.78, 5) is 13.3. The van der Waals surface area contributed by atoms with Gasteiger partial charge in [-0.25, -0.2) is 3.97 Å². The Kier molecular flexibility index (Phi) is 4.99. The van der Waals surface area contributed by atoms with Crippen molar-refractivity contribution in [3.05, 3.63) is 75.1 Å². The first-order chi connectivity index (χ1) is 13.6. The molecular weight excluding hydrogens is 445 g/mol. The Bertz CT molecular complexity index is 1220. The standard InChI is InChI=1S/C20H15BrFN3O2S/c1-12-16(13-8-10-15(27-2)11-9-13)20(26)24-19(25(12)28-22)17(21)18(23-24)14-6-4-3-5-7-14/h3-11H,1-2H3. The third-order valence-corrected chi connectivity index (χ3v) is 5.88. The predicted molar refractivity (Wildman–Crippen MR) is 113 cm³/mol. The molecule has 8 heteroatoms. The zero-order chi connectivity index (χ0) is 19.8. The van der Waals surface area contributed by atoms with Crippen LogP contribution in [0.5, 0.6) is 5.75 Å². The van der Waals surface area contributed by atoms with Crippen molar-refractivity contribution in [2.45, 2.75) is 6.92 Å². The first-order valence-corrected chi connectivity index (χ1v) is 9.86. The van der Waals surface area contributed by atoms with Gasteiger partial charge in [0.2, 0.25) is 0 Å². The molecule has 2 heterocycles. The van der Waals surface area contributed by atoms with Crippen LogP contribution in [0.25, 0.3) is 28.0 Å². The van der Waals surface area contributed by atoms with Gasteiger partial charge in [0, 0.05) is 11.3 Å². The molecule has 142 valence electrons. The summed E-state index contributed by atoms with van der Waals surface area (Å²) in [5.41, 5.74) is 2.99. The number of hydrogen-bond acceptors (Lipinski definition) is 4. The minimum absolute atomic E-state index is 0.0350. The predicted octanol–water partition coefficient (Wildman–Crippen LogP) is 5.29. The van der Waals surface area contributed by atoms with Gasteiger partial charge in [0.1, 0.15) is 11.4 Å². The SMILES string of the molecule is COc1ccc(-c2c(C)n(SF)c3c(Br)c(-c4ccccc4)nn3c2=O)cc1. The summed E-state index contributed by atoms with van der Waals surface area (Å²) < 4.78 is 22.3. The lowest BCUT2D eigenvalue weighted by atomic mass is 10.1. The number of nitrogens with zero attached hydrogens (tertiary/aromatic N) is 3. The van der Waals surface area contributed by atoms with Gasteiger partial charge in [-0.2, -0.15) is 9.61 Å². The number of methoxy groups -OCH3 is 1. The fourth-order valence-electron chi connectivity index (χ4n) is 3.18. The molecule has 0 radical (unpaired) electrons. The molecule has 4 aromatic rings. The maximum absolute atomic E-state index is 13.9. The zero-order valence-corrected chi connectivity index (χ0v) is 17.4. The molecule has 0 amide bonds. The van der Waals surface area contributed by atoms with Crippen LogP contribution >= 0.6 is 28.3 Å². The van der Waals surface area contributed by atoms with E-state index in [-0.39, 0.29) is 17.9 Å². The Morgan fingerprint density at radius 3 is 2.36 bits per heavy atom. The number of hydrogen-bond donors (Lipinski definition) is 0. The van der Waals surface area contributed by atoms with Gasteiger partial charge in [-0.15, -0.1) is 3.89 Å². The van der Waals surface area contributed by atoms with E-state index in [1.807, 2.05) is 30.3 Å². The van der Waals surface area contributed by atoms with E-state index in [9.17, 15) is 8.68 Å². The largest absolute Gasteiger partial charge is 0.497 e. The molecule has 0 N–H and O–H groups in total. The van der Waals surface area contributed by atoms with Gasteiger partial charge in [-0.05, 0) is 40.5 Å². The highest BCUT2D eigenvalue weighted by Crippen LogP contribution is 2.34. The van der Waals surface area contributed by atoms with Crippen LogP contribution in [0.3, 0.4) is 0 Å².